The highest BCUT2D eigenvalue weighted by Crippen LogP contribution is 2.44. The highest BCUT2D eigenvalue weighted by atomic mass is 16.2. The van der Waals surface area contributed by atoms with Crippen molar-refractivity contribution in [2.45, 2.75) is 25.7 Å². The summed E-state index contributed by atoms with van der Waals surface area (Å²) >= 11 is 0. The molecule has 0 aliphatic carbocycles. The zero-order chi connectivity index (χ0) is 15.7. The fourth-order valence-corrected chi connectivity index (χ4v) is 3.23. The van der Waals surface area contributed by atoms with Crippen molar-refractivity contribution in [3.05, 3.63) is 65.7 Å². The third-order valence-corrected chi connectivity index (χ3v) is 4.43. The van der Waals surface area contributed by atoms with Crippen LogP contribution in [0.15, 0.2) is 54.6 Å². The second-order valence-electron chi connectivity index (χ2n) is 5.86. The average molecular weight is 293 g/mol. The van der Waals surface area contributed by atoms with Crippen LogP contribution in [0.4, 0.5) is 5.69 Å². The third-order valence-electron chi connectivity index (χ3n) is 4.43. The summed E-state index contributed by atoms with van der Waals surface area (Å²) in [5, 5.41) is 0. The summed E-state index contributed by atoms with van der Waals surface area (Å²) < 4.78 is 0. The molecule has 0 N–H and O–H groups in total. The lowest BCUT2D eigenvalue weighted by molar-refractivity contribution is -0.122. The van der Waals surface area contributed by atoms with E-state index in [1.54, 1.807) is 17.0 Å². The van der Waals surface area contributed by atoms with Crippen LogP contribution in [0.3, 0.4) is 0 Å². The van der Waals surface area contributed by atoms with Gasteiger partial charge in [0.2, 0.25) is 5.91 Å². The molecule has 3 heteroatoms. The predicted molar refractivity (Wildman–Crippen MR) is 87.2 cm³/mol. The van der Waals surface area contributed by atoms with Gasteiger partial charge in [-0.15, -0.1) is 0 Å². The van der Waals surface area contributed by atoms with Gasteiger partial charge in [0.1, 0.15) is 0 Å². The summed E-state index contributed by atoms with van der Waals surface area (Å²) in [4.78, 5) is 27.2. The number of nitrogens with zero attached hydrogens (tertiary/aromatic N) is 1. The molecule has 2 aromatic rings. The number of benzene rings is 2. The van der Waals surface area contributed by atoms with Crippen LogP contribution >= 0.6 is 0 Å². The quantitative estimate of drug-likeness (QED) is 0.808. The number of carbonyl (C=O) groups is 2. The van der Waals surface area contributed by atoms with Gasteiger partial charge in [0.15, 0.2) is 5.78 Å². The van der Waals surface area contributed by atoms with Gasteiger partial charge in [0, 0.05) is 24.2 Å². The van der Waals surface area contributed by atoms with Crippen LogP contribution in [0.25, 0.3) is 0 Å². The molecule has 1 amide bonds. The van der Waals surface area contributed by atoms with Gasteiger partial charge in [-0.2, -0.15) is 0 Å². The van der Waals surface area contributed by atoms with E-state index >= 15 is 0 Å². The number of Topliss-reactive ketones (excluding diaryl/α,β-unsaturated/α-hetero) is 1. The number of ketones is 1. The molecule has 0 aromatic heterocycles. The maximum absolute atomic E-state index is 12.9. The molecule has 1 unspecified atom stereocenters. The summed E-state index contributed by atoms with van der Waals surface area (Å²) in [5.74, 6) is 0.0182. The van der Waals surface area contributed by atoms with Crippen molar-refractivity contribution in [3.8, 4) is 0 Å². The SMILES string of the molecule is CCN1C(=O)C(C)(CC(=O)c2ccccc2)c2ccccc21. The van der Waals surface area contributed by atoms with Gasteiger partial charge in [-0.1, -0.05) is 48.5 Å². The van der Waals surface area contributed by atoms with Gasteiger partial charge < -0.3 is 4.90 Å². The number of carbonyl (C=O) groups excluding carboxylic acids is 2. The van der Waals surface area contributed by atoms with Crippen molar-refractivity contribution in [3.63, 3.8) is 0 Å². The Morgan fingerprint density at radius 2 is 1.68 bits per heavy atom. The number of para-hydroxylation sites is 1. The highest BCUT2D eigenvalue weighted by molar-refractivity contribution is 6.11. The molecule has 3 rings (SSSR count). The first-order chi connectivity index (χ1) is 10.6. The molecular formula is C19H19NO2. The van der Waals surface area contributed by atoms with E-state index in [1.807, 2.05) is 56.3 Å². The molecule has 2 aromatic carbocycles. The number of fused-ring (bicyclic) bond motifs is 1. The molecule has 1 heterocycles. The first-order valence-corrected chi connectivity index (χ1v) is 7.57. The lowest BCUT2D eigenvalue weighted by Crippen LogP contribution is -2.39. The Hall–Kier alpha value is -2.42. The van der Waals surface area contributed by atoms with Gasteiger partial charge in [-0.25, -0.2) is 0 Å². The van der Waals surface area contributed by atoms with Crippen LogP contribution in [0.1, 0.15) is 36.2 Å². The number of anilines is 1. The van der Waals surface area contributed by atoms with E-state index in [0.717, 1.165) is 11.3 Å². The number of hydrogen-bond donors (Lipinski definition) is 0. The highest BCUT2D eigenvalue weighted by Gasteiger charge is 2.47. The zero-order valence-electron chi connectivity index (χ0n) is 12.9. The Kier molecular flexibility index (Phi) is 3.57. The van der Waals surface area contributed by atoms with Gasteiger partial charge >= 0.3 is 0 Å². The van der Waals surface area contributed by atoms with Crippen molar-refractivity contribution >= 4 is 17.4 Å². The summed E-state index contributed by atoms with van der Waals surface area (Å²) in [6.07, 6.45) is 0.198. The van der Waals surface area contributed by atoms with Crippen LogP contribution in [0, 0.1) is 0 Å². The maximum Gasteiger partial charge on any atom is 0.237 e. The minimum Gasteiger partial charge on any atom is -0.312 e. The molecule has 112 valence electrons. The van der Waals surface area contributed by atoms with Crippen LogP contribution in [0.5, 0.6) is 0 Å². The Morgan fingerprint density at radius 3 is 2.36 bits per heavy atom. The van der Waals surface area contributed by atoms with Crippen molar-refractivity contribution < 1.29 is 9.59 Å². The molecular weight excluding hydrogens is 274 g/mol. The van der Waals surface area contributed by atoms with E-state index in [-0.39, 0.29) is 18.1 Å². The van der Waals surface area contributed by atoms with Gasteiger partial charge in [-0.05, 0) is 25.5 Å². The van der Waals surface area contributed by atoms with E-state index < -0.39 is 5.41 Å². The molecule has 0 spiro atoms. The fraction of sp³-hybridized carbons (Fsp3) is 0.263. The normalized spacial score (nSPS) is 20.1. The first-order valence-electron chi connectivity index (χ1n) is 7.57. The standard InChI is InChI=1S/C19H19NO2/c1-3-20-16-12-8-7-11-15(16)19(2,18(20)22)13-17(21)14-9-5-4-6-10-14/h4-12H,3,13H2,1-2H3. The molecule has 0 bridgehead atoms. The molecule has 0 saturated heterocycles. The monoisotopic (exact) mass is 293 g/mol. The van der Waals surface area contributed by atoms with E-state index in [1.165, 1.54) is 0 Å². The van der Waals surface area contributed by atoms with Crippen LogP contribution in [-0.2, 0) is 10.2 Å². The number of likely N-dealkylation sites (N-methyl/N-ethyl adjacent to an activating group) is 1. The molecule has 1 atom stereocenters. The summed E-state index contributed by atoms with van der Waals surface area (Å²) in [5.41, 5.74) is 1.76. The molecule has 22 heavy (non-hydrogen) atoms. The largest absolute Gasteiger partial charge is 0.312 e. The maximum atomic E-state index is 12.9. The molecule has 0 radical (unpaired) electrons. The molecule has 0 saturated carbocycles. The Morgan fingerprint density at radius 1 is 1.05 bits per heavy atom. The molecule has 0 fully saturated rings. The van der Waals surface area contributed by atoms with E-state index in [0.29, 0.717) is 12.1 Å². The minimum atomic E-state index is -0.778. The summed E-state index contributed by atoms with van der Waals surface area (Å²) in [6, 6.07) is 16.9. The topological polar surface area (TPSA) is 37.4 Å². The molecule has 1 aliphatic heterocycles. The smallest absolute Gasteiger partial charge is 0.237 e. The number of hydrogen-bond acceptors (Lipinski definition) is 2. The van der Waals surface area contributed by atoms with Gasteiger partial charge in [0.05, 0.1) is 5.41 Å². The number of rotatable bonds is 4. The fourth-order valence-electron chi connectivity index (χ4n) is 3.23. The van der Waals surface area contributed by atoms with Gasteiger partial charge in [-0.3, -0.25) is 9.59 Å². The zero-order valence-corrected chi connectivity index (χ0v) is 12.9. The Bertz CT molecular complexity index is 723. The third kappa shape index (κ3) is 2.13. The number of amides is 1. The average Bonchev–Trinajstić information content (AvgIpc) is 2.76. The van der Waals surface area contributed by atoms with Gasteiger partial charge in [0.25, 0.3) is 0 Å². The van der Waals surface area contributed by atoms with E-state index in [2.05, 4.69) is 0 Å². The first kappa shape index (κ1) is 14.5. The Labute approximate surface area is 130 Å². The predicted octanol–water partition coefficient (Wildman–Crippen LogP) is 3.58. The van der Waals surface area contributed by atoms with Crippen molar-refractivity contribution in [2.75, 3.05) is 11.4 Å². The lowest BCUT2D eigenvalue weighted by atomic mass is 9.78. The second-order valence-corrected chi connectivity index (χ2v) is 5.86. The van der Waals surface area contributed by atoms with Crippen molar-refractivity contribution in [1.82, 2.24) is 0 Å². The molecule has 3 nitrogen and oxygen atoms in total. The Balaban J connectivity index is 1.99. The second kappa shape index (κ2) is 5.41. The lowest BCUT2D eigenvalue weighted by Gasteiger charge is -2.23. The summed E-state index contributed by atoms with van der Waals surface area (Å²) in [7, 11) is 0. The van der Waals surface area contributed by atoms with Crippen molar-refractivity contribution in [2.24, 2.45) is 0 Å². The van der Waals surface area contributed by atoms with E-state index in [4.69, 9.17) is 0 Å². The van der Waals surface area contributed by atoms with Crippen molar-refractivity contribution in [1.29, 1.82) is 0 Å². The minimum absolute atomic E-state index is 0.00389. The van der Waals surface area contributed by atoms with Crippen LogP contribution < -0.4 is 4.90 Å². The molecule has 1 aliphatic rings. The van der Waals surface area contributed by atoms with E-state index in [9.17, 15) is 9.59 Å². The van der Waals surface area contributed by atoms with Crippen LogP contribution in [0.2, 0.25) is 0 Å². The van der Waals surface area contributed by atoms with Crippen LogP contribution in [-0.4, -0.2) is 18.2 Å². The summed E-state index contributed by atoms with van der Waals surface area (Å²) in [6.45, 7) is 4.45.